The number of nitrogens with zero attached hydrogens (tertiary/aromatic N) is 4. The fourth-order valence-corrected chi connectivity index (χ4v) is 0.857. The molecule has 1 heterocycles. The van der Waals surface area contributed by atoms with Crippen molar-refractivity contribution in [1.29, 1.82) is 15.8 Å². The van der Waals surface area contributed by atoms with Gasteiger partial charge in [-0.05, 0) is 12.1 Å². The Kier molecular flexibility index (Phi) is 2.48. The number of aromatic nitrogens is 1. The molecule has 1 aromatic rings. The molecule has 0 saturated heterocycles. The van der Waals surface area contributed by atoms with E-state index >= 15 is 0 Å². The first-order valence-corrected chi connectivity index (χ1v) is 3.41. The largest absolute Gasteiger partial charge is 0.313 e. The van der Waals surface area contributed by atoms with Crippen molar-refractivity contribution >= 4 is 5.70 Å². The Bertz CT molecular complexity index is 429. The highest BCUT2D eigenvalue weighted by molar-refractivity contribution is 5.72. The SMILES string of the molecule is N#CC(C#N)=C(C#N)n1cccc1. The predicted molar refractivity (Wildman–Crippen MR) is 44.5 cm³/mol. The van der Waals surface area contributed by atoms with Crippen LogP contribution in [0.4, 0.5) is 0 Å². The second-order valence-electron chi connectivity index (χ2n) is 2.15. The summed E-state index contributed by atoms with van der Waals surface area (Å²) in [4.78, 5) is 0. The summed E-state index contributed by atoms with van der Waals surface area (Å²) >= 11 is 0. The van der Waals surface area contributed by atoms with E-state index in [1.165, 1.54) is 4.57 Å². The summed E-state index contributed by atoms with van der Waals surface area (Å²) in [6.45, 7) is 0. The van der Waals surface area contributed by atoms with Crippen LogP contribution >= 0.6 is 0 Å². The van der Waals surface area contributed by atoms with Gasteiger partial charge in [0, 0.05) is 12.4 Å². The minimum atomic E-state index is -0.182. The third-order valence-electron chi connectivity index (χ3n) is 1.43. The summed E-state index contributed by atoms with van der Waals surface area (Å²) in [6, 6.07) is 8.56. The third kappa shape index (κ3) is 1.56. The fourth-order valence-electron chi connectivity index (χ4n) is 0.857. The monoisotopic (exact) mass is 168 g/mol. The molecule has 0 aliphatic heterocycles. The van der Waals surface area contributed by atoms with Crippen molar-refractivity contribution in [3.8, 4) is 18.2 Å². The molecule has 1 aromatic heterocycles. The van der Waals surface area contributed by atoms with Crippen LogP contribution in [0.5, 0.6) is 0 Å². The molecule has 0 saturated carbocycles. The van der Waals surface area contributed by atoms with E-state index in [1.54, 1.807) is 42.7 Å². The van der Waals surface area contributed by atoms with Gasteiger partial charge in [-0.2, -0.15) is 15.8 Å². The molecule has 60 valence electrons. The zero-order valence-corrected chi connectivity index (χ0v) is 6.60. The molecule has 0 aromatic carbocycles. The second-order valence-corrected chi connectivity index (χ2v) is 2.15. The van der Waals surface area contributed by atoms with Crippen molar-refractivity contribution in [1.82, 2.24) is 4.57 Å². The van der Waals surface area contributed by atoms with Crippen LogP contribution in [0, 0.1) is 34.0 Å². The minimum absolute atomic E-state index is 0.0509. The van der Waals surface area contributed by atoms with Gasteiger partial charge in [0.05, 0.1) is 0 Å². The highest BCUT2D eigenvalue weighted by atomic mass is 15.0. The van der Waals surface area contributed by atoms with Crippen molar-refractivity contribution in [2.24, 2.45) is 0 Å². The molecule has 0 aliphatic rings. The van der Waals surface area contributed by atoms with Gasteiger partial charge in [0.1, 0.15) is 18.2 Å². The molecular weight excluding hydrogens is 164 g/mol. The first-order chi connectivity index (χ1) is 6.33. The molecule has 0 atom stereocenters. The van der Waals surface area contributed by atoms with Crippen molar-refractivity contribution in [2.75, 3.05) is 0 Å². The molecule has 0 unspecified atom stereocenters. The van der Waals surface area contributed by atoms with Crippen LogP contribution in [0.25, 0.3) is 5.70 Å². The molecule has 4 heteroatoms. The maximum Gasteiger partial charge on any atom is 0.164 e. The first-order valence-electron chi connectivity index (χ1n) is 3.41. The highest BCUT2D eigenvalue weighted by Gasteiger charge is 2.05. The molecule has 0 aliphatic carbocycles. The molecule has 4 nitrogen and oxygen atoms in total. The van der Waals surface area contributed by atoms with E-state index in [2.05, 4.69) is 0 Å². The molecular formula is C9H4N4. The lowest BCUT2D eigenvalue weighted by molar-refractivity contribution is 1.12. The van der Waals surface area contributed by atoms with E-state index in [9.17, 15) is 0 Å². The van der Waals surface area contributed by atoms with Gasteiger partial charge in [-0.3, -0.25) is 0 Å². The lowest BCUT2D eigenvalue weighted by Gasteiger charge is -1.97. The zero-order valence-electron chi connectivity index (χ0n) is 6.60. The van der Waals surface area contributed by atoms with Crippen molar-refractivity contribution in [3.05, 3.63) is 30.1 Å². The molecule has 0 N–H and O–H groups in total. The molecule has 13 heavy (non-hydrogen) atoms. The fraction of sp³-hybridized carbons (Fsp3) is 0. The number of hydrogen-bond acceptors (Lipinski definition) is 3. The summed E-state index contributed by atoms with van der Waals surface area (Å²) in [5, 5.41) is 25.8. The van der Waals surface area contributed by atoms with Gasteiger partial charge in [-0.15, -0.1) is 0 Å². The summed E-state index contributed by atoms with van der Waals surface area (Å²) in [6.07, 6.45) is 3.21. The van der Waals surface area contributed by atoms with Gasteiger partial charge < -0.3 is 4.57 Å². The molecule has 0 fully saturated rings. The quantitative estimate of drug-likeness (QED) is 0.592. The smallest absolute Gasteiger partial charge is 0.164 e. The van der Waals surface area contributed by atoms with Gasteiger partial charge in [0.15, 0.2) is 11.3 Å². The Morgan fingerprint density at radius 2 is 1.46 bits per heavy atom. The number of nitriles is 3. The standard InChI is InChI=1S/C9H4N4/c10-5-8(6-11)9(7-12)13-3-1-2-4-13/h1-4H. The average molecular weight is 168 g/mol. The van der Waals surface area contributed by atoms with E-state index in [4.69, 9.17) is 15.8 Å². The molecule has 0 bridgehead atoms. The number of allylic oxidation sites excluding steroid dienone is 2. The van der Waals surface area contributed by atoms with Crippen LogP contribution in [0.2, 0.25) is 0 Å². The Labute approximate surface area is 75.2 Å². The lowest BCUT2D eigenvalue weighted by Crippen LogP contribution is -1.94. The number of rotatable bonds is 1. The van der Waals surface area contributed by atoms with Crippen molar-refractivity contribution in [2.45, 2.75) is 0 Å². The maximum absolute atomic E-state index is 8.70. The van der Waals surface area contributed by atoms with Gasteiger partial charge in [0.25, 0.3) is 0 Å². The van der Waals surface area contributed by atoms with Crippen LogP contribution in [0.1, 0.15) is 0 Å². The maximum atomic E-state index is 8.70. The zero-order chi connectivity index (χ0) is 9.68. The minimum Gasteiger partial charge on any atom is -0.313 e. The van der Waals surface area contributed by atoms with E-state index in [0.29, 0.717) is 0 Å². The van der Waals surface area contributed by atoms with Crippen LogP contribution in [0.15, 0.2) is 30.1 Å². The summed E-state index contributed by atoms with van der Waals surface area (Å²) < 4.78 is 1.43. The van der Waals surface area contributed by atoms with E-state index in [-0.39, 0.29) is 11.3 Å². The van der Waals surface area contributed by atoms with Gasteiger partial charge in [-0.25, -0.2) is 0 Å². The Morgan fingerprint density at radius 1 is 0.923 bits per heavy atom. The molecule has 0 radical (unpaired) electrons. The van der Waals surface area contributed by atoms with Crippen LogP contribution in [0.3, 0.4) is 0 Å². The van der Waals surface area contributed by atoms with Crippen LogP contribution in [-0.4, -0.2) is 4.57 Å². The normalized spacial score (nSPS) is 7.77. The Morgan fingerprint density at radius 3 is 1.85 bits per heavy atom. The Balaban J connectivity index is 3.32. The molecule has 0 amide bonds. The van der Waals surface area contributed by atoms with E-state index < -0.39 is 0 Å². The third-order valence-corrected chi connectivity index (χ3v) is 1.43. The molecule has 0 spiro atoms. The Hall–Kier alpha value is -2.51. The lowest BCUT2D eigenvalue weighted by atomic mass is 10.2. The topological polar surface area (TPSA) is 76.3 Å². The van der Waals surface area contributed by atoms with E-state index in [1.807, 2.05) is 0 Å². The van der Waals surface area contributed by atoms with Crippen LogP contribution < -0.4 is 0 Å². The van der Waals surface area contributed by atoms with Crippen molar-refractivity contribution < 1.29 is 0 Å². The van der Waals surface area contributed by atoms with Gasteiger partial charge in [-0.1, -0.05) is 0 Å². The second kappa shape index (κ2) is 3.76. The van der Waals surface area contributed by atoms with Gasteiger partial charge >= 0.3 is 0 Å². The summed E-state index contributed by atoms with van der Waals surface area (Å²) in [7, 11) is 0. The first kappa shape index (κ1) is 8.59. The van der Waals surface area contributed by atoms with Gasteiger partial charge in [0.2, 0.25) is 0 Å². The average Bonchev–Trinajstić information content (AvgIpc) is 2.66. The molecule has 1 rings (SSSR count). The van der Waals surface area contributed by atoms with Crippen molar-refractivity contribution in [3.63, 3.8) is 0 Å². The van der Waals surface area contributed by atoms with Crippen LogP contribution in [-0.2, 0) is 0 Å². The highest BCUT2D eigenvalue weighted by Crippen LogP contribution is 2.08. The van der Waals surface area contributed by atoms with E-state index in [0.717, 1.165) is 0 Å². The summed E-state index contributed by atoms with van der Waals surface area (Å²) in [5.74, 6) is 0. The summed E-state index contributed by atoms with van der Waals surface area (Å²) in [5.41, 5.74) is -0.131. The number of hydrogen-bond donors (Lipinski definition) is 0. The predicted octanol–water partition coefficient (Wildman–Crippen LogP) is 1.27.